The molecule has 1 aromatic rings. The summed E-state index contributed by atoms with van der Waals surface area (Å²) in [6, 6.07) is 9.18. The topological polar surface area (TPSA) is 46.6 Å². The minimum Gasteiger partial charge on any atom is -0.465 e. The lowest BCUT2D eigenvalue weighted by Crippen LogP contribution is -2.39. The van der Waals surface area contributed by atoms with E-state index < -0.39 is 0 Å². The summed E-state index contributed by atoms with van der Waals surface area (Å²) in [7, 11) is 1.77. The number of benzene rings is 1. The zero-order chi connectivity index (χ0) is 17.6. The van der Waals surface area contributed by atoms with Crippen LogP contribution in [0.25, 0.3) is 0 Å². The van der Waals surface area contributed by atoms with Crippen molar-refractivity contribution in [2.45, 2.75) is 20.3 Å². The lowest BCUT2D eigenvalue weighted by Gasteiger charge is -2.30. The van der Waals surface area contributed by atoms with Crippen molar-refractivity contribution in [2.75, 3.05) is 20.2 Å². The Kier molecular flexibility index (Phi) is 5.96. The Morgan fingerprint density at radius 2 is 1.92 bits per heavy atom. The molecule has 0 saturated carbocycles. The maximum Gasteiger partial charge on any atom is 0.313 e. The summed E-state index contributed by atoms with van der Waals surface area (Å²) >= 11 is 0. The van der Waals surface area contributed by atoms with Crippen molar-refractivity contribution >= 4 is 11.9 Å². The third-order valence-electron chi connectivity index (χ3n) is 3.92. The summed E-state index contributed by atoms with van der Waals surface area (Å²) in [5.74, 6) is -0.439. The number of rotatable bonds is 6. The second-order valence-corrected chi connectivity index (χ2v) is 6.95. The molecule has 128 valence electrons. The predicted molar refractivity (Wildman–Crippen MR) is 94.5 cm³/mol. The summed E-state index contributed by atoms with van der Waals surface area (Å²) in [6.07, 6.45) is 8.30. The van der Waals surface area contributed by atoms with Crippen LogP contribution in [0.1, 0.15) is 30.6 Å². The van der Waals surface area contributed by atoms with Crippen LogP contribution in [-0.4, -0.2) is 37.0 Å². The van der Waals surface area contributed by atoms with Gasteiger partial charge in [0, 0.05) is 24.6 Å². The van der Waals surface area contributed by atoms with Crippen molar-refractivity contribution < 1.29 is 14.3 Å². The van der Waals surface area contributed by atoms with E-state index in [1.54, 1.807) is 24.1 Å². The number of carbonyl (C=O) groups is 2. The first kappa shape index (κ1) is 18.0. The van der Waals surface area contributed by atoms with E-state index in [4.69, 9.17) is 4.74 Å². The lowest BCUT2D eigenvalue weighted by atomic mass is 9.93. The highest BCUT2D eigenvalue weighted by atomic mass is 16.5. The molecular weight excluding hydrogens is 302 g/mol. The molecule has 0 aromatic heterocycles. The Labute approximate surface area is 143 Å². The van der Waals surface area contributed by atoms with Gasteiger partial charge in [-0.1, -0.05) is 56.4 Å². The number of esters is 1. The molecule has 0 bridgehead atoms. The summed E-state index contributed by atoms with van der Waals surface area (Å²) in [6.45, 7) is 4.78. The first-order valence-corrected chi connectivity index (χ1v) is 8.19. The van der Waals surface area contributed by atoms with Crippen molar-refractivity contribution in [1.82, 2.24) is 4.90 Å². The lowest BCUT2D eigenvalue weighted by molar-refractivity contribution is -0.150. The van der Waals surface area contributed by atoms with Crippen LogP contribution in [0.4, 0.5) is 0 Å². The zero-order valence-corrected chi connectivity index (χ0v) is 14.6. The first-order valence-electron chi connectivity index (χ1n) is 8.19. The largest absolute Gasteiger partial charge is 0.465 e. The highest BCUT2D eigenvalue weighted by Crippen LogP contribution is 2.20. The van der Waals surface area contributed by atoms with E-state index in [0.29, 0.717) is 18.5 Å². The van der Waals surface area contributed by atoms with Gasteiger partial charge < -0.3 is 9.64 Å². The average molecular weight is 327 g/mol. The Morgan fingerprint density at radius 3 is 2.54 bits per heavy atom. The van der Waals surface area contributed by atoms with Crippen LogP contribution in [0, 0.1) is 11.3 Å². The molecule has 0 radical (unpaired) electrons. The van der Waals surface area contributed by atoms with Gasteiger partial charge in [0.25, 0.3) is 5.91 Å². The highest BCUT2D eigenvalue weighted by molar-refractivity contribution is 5.94. The van der Waals surface area contributed by atoms with Gasteiger partial charge in [-0.2, -0.15) is 0 Å². The standard InChI is InChI=1S/C20H25NO3/c1-20(2,15-24-19(23)17-12-8-5-9-13-17)14-21(3)18(22)16-10-6-4-7-11-16/h4-12,17H,13-15H2,1-3H3. The number of ether oxygens (including phenoxy) is 1. The summed E-state index contributed by atoms with van der Waals surface area (Å²) in [5.41, 5.74) is 0.343. The maximum atomic E-state index is 12.4. The number of amides is 1. The summed E-state index contributed by atoms with van der Waals surface area (Å²) in [4.78, 5) is 26.2. The number of carbonyl (C=O) groups excluding carboxylic acids is 2. The van der Waals surface area contributed by atoms with Crippen LogP contribution in [0.2, 0.25) is 0 Å². The Balaban J connectivity index is 1.86. The normalized spacial score (nSPS) is 16.7. The van der Waals surface area contributed by atoms with Gasteiger partial charge >= 0.3 is 5.97 Å². The van der Waals surface area contributed by atoms with Gasteiger partial charge in [0.05, 0.1) is 12.5 Å². The average Bonchev–Trinajstić information content (AvgIpc) is 2.60. The van der Waals surface area contributed by atoms with Crippen LogP contribution >= 0.6 is 0 Å². The van der Waals surface area contributed by atoms with Gasteiger partial charge in [-0.15, -0.1) is 0 Å². The van der Waals surface area contributed by atoms with Crippen LogP contribution in [0.15, 0.2) is 54.6 Å². The molecule has 0 spiro atoms. The van der Waals surface area contributed by atoms with E-state index in [0.717, 1.165) is 0 Å². The fourth-order valence-electron chi connectivity index (χ4n) is 2.69. The molecule has 0 saturated heterocycles. The van der Waals surface area contributed by atoms with Gasteiger partial charge in [0.2, 0.25) is 0 Å². The van der Waals surface area contributed by atoms with Crippen molar-refractivity contribution in [1.29, 1.82) is 0 Å². The minimum atomic E-state index is -0.316. The van der Waals surface area contributed by atoms with Gasteiger partial charge in [-0.3, -0.25) is 9.59 Å². The molecule has 2 rings (SSSR count). The van der Waals surface area contributed by atoms with Crippen LogP contribution < -0.4 is 0 Å². The fourth-order valence-corrected chi connectivity index (χ4v) is 2.69. The van der Waals surface area contributed by atoms with Crippen LogP contribution in [0.5, 0.6) is 0 Å². The molecule has 0 heterocycles. The Hall–Kier alpha value is -2.36. The van der Waals surface area contributed by atoms with E-state index in [-0.39, 0.29) is 29.8 Å². The molecule has 1 aromatic carbocycles. The van der Waals surface area contributed by atoms with Crippen molar-refractivity contribution in [3.05, 3.63) is 60.2 Å². The number of hydrogen-bond acceptors (Lipinski definition) is 3. The molecule has 0 fully saturated rings. The smallest absolute Gasteiger partial charge is 0.313 e. The highest BCUT2D eigenvalue weighted by Gasteiger charge is 2.26. The quantitative estimate of drug-likeness (QED) is 0.752. The first-order chi connectivity index (χ1) is 11.4. The van der Waals surface area contributed by atoms with Crippen LogP contribution in [-0.2, 0) is 9.53 Å². The van der Waals surface area contributed by atoms with E-state index in [1.807, 2.05) is 56.4 Å². The number of nitrogens with zero attached hydrogens (tertiary/aromatic N) is 1. The third kappa shape index (κ3) is 5.08. The van der Waals surface area contributed by atoms with Crippen molar-refractivity contribution in [3.63, 3.8) is 0 Å². The molecule has 0 N–H and O–H groups in total. The molecule has 1 aliphatic rings. The van der Waals surface area contributed by atoms with E-state index in [1.165, 1.54) is 0 Å². The number of allylic oxidation sites excluding steroid dienone is 3. The SMILES string of the molecule is CN(CC(C)(C)COC(=O)C1C=CC=CC1)C(=O)c1ccccc1. The predicted octanol–water partition coefficient (Wildman–Crippen LogP) is 3.46. The minimum absolute atomic E-state index is 0.0321. The summed E-state index contributed by atoms with van der Waals surface area (Å²) in [5, 5.41) is 0. The molecule has 24 heavy (non-hydrogen) atoms. The number of hydrogen-bond donors (Lipinski definition) is 0. The second-order valence-electron chi connectivity index (χ2n) is 6.95. The molecule has 1 unspecified atom stereocenters. The fraction of sp³-hybridized carbons (Fsp3) is 0.400. The second kappa shape index (κ2) is 7.95. The van der Waals surface area contributed by atoms with Gasteiger partial charge in [-0.25, -0.2) is 0 Å². The Bertz CT molecular complexity index is 632. The van der Waals surface area contributed by atoms with Gasteiger partial charge in [0.1, 0.15) is 0 Å². The zero-order valence-electron chi connectivity index (χ0n) is 14.6. The Morgan fingerprint density at radius 1 is 1.21 bits per heavy atom. The summed E-state index contributed by atoms with van der Waals surface area (Å²) < 4.78 is 5.47. The van der Waals surface area contributed by atoms with E-state index >= 15 is 0 Å². The third-order valence-corrected chi connectivity index (χ3v) is 3.92. The van der Waals surface area contributed by atoms with Crippen molar-refractivity contribution in [3.8, 4) is 0 Å². The van der Waals surface area contributed by atoms with Crippen LogP contribution in [0.3, 0.4) is 0 Å². The molecule has 1 aliphatic carbocycles. The van der Waals surface area contributed by atoms with Crippen molar-refractivity contribution in [2.24, 2.45) is 11.3 Å². The van der Waals surface area contributed by atoms with E-state index in [9.17, 15) is 9.59 Å². The molecule has 0 aliphatic heterocycles. The van der Waals surface area contributed by atoms with E-state index in [2.05, 4.69) is 0 Å². The molecule has 1 atom stereocenters. The van der Waals surface area contributed by atoms with Gasteiger partial charge in [-0.05, 0) is 18.6 Å². The molecular formula is C20H25NO3. The molecule has 4 heteroatoms. The maximum absolute atomic E-state index is 12.4. The van der Waals surface area contributed by atoms with Gasteiger partial charge in [0.15, 0.2) is 0 Å². The molecule has 4 nitrogen and oxygen atoms in total. The molecule has 1 amide bonds. The monoisotopic (exact) mass is 327 g/mol.